The molecule has 232 valence electrons. The molecule has 2 aromatic heterocycles. The number of amides is 1. The number of nitrogens with zero attached hydrogens (tertiary/aromatic N) is 7. The Bertz CT molecular complexity index is 1650. The van der Waals surface area contributed by atoms with Crippen LogP contribution in [0.15, 0.2) is 42.6 Å². The lowest BCUT2D eigenvalue weighted by molar-refractivity contribution is -0.00573. The van der Waals surface area contributed by atoms with Gasteiger partial charge in [-0.2, -0.15) is 15.1 Å². The number of benzene rings is 2. The molecular weight excluding hydrogens is 556 g/mol. The summed E-state index contributed by atoms with van der Waals surface area (Å²) in [5.74, 6) is 1.32. The van der Waals surface area contributed by atoms with E-state index in [0.717, 1.165) is 44.0 Å². The van der Waals surface area contributed by atoms with E-state index in [2.05, 4.69) is 45.2 Å². The molecule has 0 saturated carbocycles. The molecule has 2 aliphatic heterocycles. The summed E-state index contributed by atoms with van der Waals surface area (Å²) in [5, 5.41) is 8.17. The van der Waals surface area contributed by atoms with Gasteiger partial charge in [0.15, 0.2) is 5.65 Å². The number of anilines is 2. The highest BCUT2D eigenvalue weighted by Crippen LogP contribution is 2.32. The molecular formula is C33H42N8O3. The van der Waals surface area contributed by atoms with Crippen molar-refractivity contribution in [3.05, 3.63) is 64.8 Å². The lowest BCUT2D eigenvalue weighted by atomic mass is 10.1. The molecule has 2 atom stereocenters. The van der Waals surface area contributed by atoms with E-state index in [9.17, 15) is 4.79 Å². The SMILES string of the molecule is Cc1cc(NC(=O)c2ccc(C)c(Oc3nc(N4CC(C)OC(C)C4)nc4c3cnn4C)c2)ccc1CN1CCN(C)CC1. The van der Waals surface area contributed by atoms with Gasteiger partial charge >= 0.3 is 0 Å². The van der Waals surface area contributed by atoms with Gasteiger partial charge in [0.1, 0.15) is 11.1 Å². The predicted molar refractivity (Wildman–Crippen MR) is 172 cm³/mol. The molecule has 4 aromatic rings. The number of piperazine rings is 1. The minimum atomic E-state index is -0.202. The third-order valence-electron chi connectivity index (χ3n) is 8.50. The van der Waals surface area contributed by atoms with E-state index < -0.39 is 0 Å². The number of rotatable bonds is 7. The zero-order valence-electron chi connectivity index (χ0n) is 26.5. The first-order chi connectivity index (χ1) is 21.1. The number of aromatic nitrogens is 4. The van der Waals surface area contributed by atoms with Crippen LogP contribution in [0.3, 0.4) is 0 Å². The van der Waals surface area contributed by atoms with Gasteiger partial charge in [-0.25, -0.2) is 0 Å². The standard InChI is InChI=1S/C33H42N8O3/c1-21-7-8-25(31(42)35-27-10-9-26(22(2)15-27)20-40-13-11-38(5)12-14-40)16-29(21)44-32-28-17-34-39(6)30(28)36-33(37-32)41-18-23(3)43-24(4)19-41/h7-10,15-17,23-24H,11-14,18-20H2,1-6H3,(H,35,42). The summed E-state index contributed by atoms with van der Waals surface area (Å²) in [7, 11) is 4.02. The van der Waals surface area contributed by atoms with Crippen molar-refractivity contribution in [2.45, 2.75) is 46.4 Å². The molecule has 11 heteroatoms. The molecule has 2 saturated heterocycles. The highest BCUT2D eigenvalue weighted by atomic mass is 16.5. The van der Waals surface area contributed by atoms with Crippen LogP contribution in [-0.4, -0.2) is 94.0 Å². The average molecular weight is 599 g/mol. The number of ether oxygens (including phenoxy) is 2. The van der Waals surface area contributed by atoms with Gasteiger partial charge in [-0.3, -0.25) is 14.4 Å². The van der Waals surface area contributed by atoms with Crippen LogP contribution in [0, 0.1) is 13.8 Å². The van der Waals surface area contributed by atoms with Crippen molar-refractivity contribution < 1.29 is 14.3 Å². The zero-order valence-corrected chi connectivity index (χ0v) is 26.5. The third-order valence-corrected chi connectivity index (χ3v) is 8.50. The first-order valence-corrected chi connectivity index (χ1v) is 15.3. The molecule has 4 heterocycles. The van der Waals surface area contributed by atoms with Crippen LogP contribution in [0.4, 0.5) is 11.6 Å². The van der Waals surface area contributed by atoms with Crippen molar-refractivity contribution in [2.24, 2.45) is 7.05 Å². The Labute approximate surface area is 258 Å². The minimum absolute atomic E-state index is 0.0586. The number of hydrogen-bond acceptors (Lipinski definition) is 9. The quantitative estimate of drug-likeness (QED) is 0.332. The van der Waals surface area contributed by atoms with Crippen LogP contribution in [0.2, 0.25) is 0 Å². The van der Waals surface area contributed by atoms with E-state index in [-0.39, 0.29) is 18.1 Å². The Morgan fingerprint density at radius 1 is 0.977 bits per heavy atom. The van der Waals surface area contributed by atoms with E-state index >= 15 is 0 Å². The second-order valence-corrected chi connectivity index (χ2v) is 12.3. The van der Waals surface area contributed by atoms with Crippen molar-refractivity contribution in [1.29, 1.82) is 0 Å². The maximum absolute atomic E-state index is 13.4. The second kappa shape index (κ2) is 12.5. The van der Waals surface area contributed by atoms with Gasteiger partial charge in [0, 0.05) is 64.1 Å². The Morgan fingerprint density at radius 2 is 1.73 bits per heavy atom. The van der Waals surface area contributed by atoms with Gasteiger partial charge in [-0.15, -0.1) is 0 Å². The zero-order chi connectivity index (χ0) is 31.0. The van der Waals surface area contributed by atoms with E-state index in [1.165, 1.54) is 11.1 Å². The smallest absolute Gasteiger partial charge is 0.255 e. The summed E-state index contributed by atoms with van der Waals surface area (Å²) in [6, 6.07) is 11.6. The van der Waals surface area contributed by atoms with E-state index in [0.29, 0.717) is 47.3 Å². The van der Waals surface area contributed by atoms with Crippen LogP contribution in [0.25, 0.3) is 11.0 Å². The first kappa shape index (κ1) is 30.0. The monoisotopic (exact) mass is 598 g/mol. The highest BCUT2D eigenvalue weighted by Gasteiger charge is 2.26. The number of nitrogens with one attached hydrogen (secondary N) is 1. The van der Waals surface area contributed by atoms with Crippen molar-refractivity contribution in [2.75, 3.05) is 56.5 Å². The lowest BCUT2D eigenvalue weighted by Crippen LogP contribution is -2.46. The van der Waals surface area contributed by atoms with Gasteiger partial charge in [-0.1, -0.05) is 12.1 Å². The van der Waals surface area contributed by atoms with E-state index in [4.69, 9.17) is 19.4 Å². The normalized spacial score (nSPS) is 19.8. The van der Waals surface area contributed by atoms with E-state index in [1.807, 2.05) is 52.1 Å². The molecule has 2 unspecified atom stereocenters. The van der Waals surface area contributed by atoms with Crippen LogP contribution in [0.1, 0.15) is 40.9 Å². The molecule has 6 rings (SSSR count). The number of fused-ring (bicyclic) bond motifs is 1. The van der Waals surface area contributed by atoms with Crippen molar-refractivity contribution in [1.82, 2.24) is 29.5 Å². The fraction of sp³-hybridized carbons (Fsp3) is 0.455. The summed E-state index contributed by atoms with van der Waals surface area (Å²) in [5.41, 5.74) is 5.27. The van der Waals surface area contributed by atoms with Crippen LogP contribution < -0.4 is 15.0 Å². The fourth-order valence-corrected chi connectivity index (χ4v) is 5.90. The van der Waals surface area contributed by atoms with Crippen LogP contribution in [-0.2, 0) is 18.3 Å². The Hall–Kier alpha value is -4.06. The molecule has 0 aliphatic carbocycles. The second-order valence-electron chi connectivity index (χ2n) is 12.3. The lowest BCUT2D eigenvalue weighted by Gasteiger charge is -2.35. The summed E-state index contributed by atoms with van der Waals surface area (Å²) in [6.07, 6.45) is 1.83. The number of carbonyl (C=O) groups is 1. The molecule has 0 spiro atoms. The Morgan fingerprint density at radius 3 is 2.45 bits per heavy atom. The summed E-state index contributed by atoms with van der Waals surface area (Å²) >= 11 is 0. The molecule has 0 radical (unpaired) electrons. The first-order valence-electron chi connectivity index (χ1n) is 15.3. The fourth-order valence-electron chi connectivity index (χ4n) is 5.90. The average Bonchev–Trinajstić information content (AvgIpc) is 3.37. The minimum Gasteiger partial charge on any atom is -0.438 e. The van der Waals surface area contributed by atoms with Gasteiger partial charge in [0.2, 0.25) is 11.8 Å². The molecule has 2 aliphatic rings. The third kappa shape index (κ3) is 6.54. The van der Waals surface area contributed by atoms with Gasteiger partial charge in [0.05, 0.1) is 18.4 Å². The molecule has 0 bridgehead atoms. The highest BCUT2D eigenvalue weighted by molar-refractivity contribution is 6.04. The molecule has 44 heavy (non-hydrogen) atoms. The number of carbonyl (C=O) groups excluding carboxylic acids is 1. The van der Waals surface area contributed by atoms with Crippen LogP contribution >= 0.6 is 0 Å². The number of likely N-dealkylation sites (N-methyl/N-ethyl adjacent to an activating group) is 1. The largest absolute Gasteiger partial charge is 0.438 e. The molecule has 1 N–H and O–H groups in total. The molecule has 2 fully saturated rings. The van der Waals surface area contributed by atoms with Gasteiger partial charge in [0.25, 0.3) is 5.91 Å². The maximum atomic E-state index is 13.4. The van der Waals surface area contributed by atoms with Crippen molar-refractivity contribution in [3.63, 3.8) is 0 Å². The van der Waals surface area contributed by atoms with Gasteiger partial charge in [-0.05, 0) is 75.7 Å². The van der Waals surface area contributed by atoms with Gasteiger partial charge < -0.3 is 24.6 Å². The van der Waals surface area contributed by atoms with Crippen molar-refractivity contribution >= 4 is 28.6 Å². The number of aryl methyl sites for hydroxylation is 3. The summed E-state index contributed by atoms with van der Waals surface area (Å²) in [4.78, 5) is 30.0. The molecule has 2 aromatic carbocycles. The summed E-state index contributed by atoms with van der Waals surface area (Å²) < 4.78 is 14.1. The van der Waals surface area contributed by atoms with Crippen LogP contribution in [0.5, 0.6) is 11.6 Å². The maximum Gasteiger partial charge on any atom is 0.255 e. The van der Waals surface area contributed by atoms with Crippen molar-refractivity contribution in [3.8, 4) is 11.6 Å². The Kier molecular flexibility index (Phi) is 8.53. The van der Waals surface area contributed by atoms with E-state index in [1.54, 1.807) is 16.9 Å². The number of morpholine rings is 1. The topological polar surface area (TPSA) is 101 Å². The summed E-state index contributed by atoms with van der Waals surface area (Å²) in [6.45, 7) is 14.8. The number of hydrogen-bond donors (Lipinski definition) is 1. The predicted octanol–water partition coefficient (Wildman–Crippen LogP) is 4.39. The molecule has 11 nitrogen and oxygen atoms in total. The molecule has 1 amide bonds. The Balaban J connectivity index is 1.20.